The van der Waals surface area contributed by atoms with Crippen LogP contribution in [0.2, 0.25) is 0 Å². The lowest BCUT2D eigenvalue weighted by Crippen LogP contribution is -2.02. The van der Waals surface area contributed by atoms with Crippen molar-refractivity contribution in [3.63, 3.8) is 0 Å². The fourth-order valence-corrected chi connectivity index (χ4v) is 3.11. The Bertz CT molecular complexity index is 961. The standard InChI is InChI=1S/C21H16O4/c22-16-11-18(23)17-8-6-14-10-15(7-9-19(14)25-20(17)12-16)21(24)13-4-2-1-3-5-13/h1-5,7,9-12,22-23H,6,8H2. The van der Waals surface area contributed by atoms with Gasteiger partial charge in [-0.3, -0.25) is 4.79 Å². The van der Waals surface area contributed by atoms with E-state index in [2.05, 4.69) is 0 Å². The second kappa shape index (κ2) is 5.98. The summed E-state index contributed by atoms with van der Waals surface area (Å²) in [7, 11) is 0. The summed E-state index contributed by atoms with van der Waals surface area (Å²) in [6.45, 7) is 0. The molecule has 0 saturated heterocycles. The average Bonchev–Trinajstić information content (AvgIpc) is 2.80. The van der Waals surface area contributed by atoms with Crippen LogP contribution in [-0.2, 0) is 12.8 Å². The lowest BCUT2D eigenvalue weighted by molar-refractivity contribution is 0.103. The first kappa shape index (κ1) is 15.3. The van der Waals surface area contributed by atoms with E-state index >= 15 is 0 Å². The molecular formula is C21H16O4. The number of fused-ring (bicyclic) bond motifs is 2. The van der Waals surface area contributed by atoms with E-state index < -0.39 is 0 Å². The minimum Gasteiger partial charge on any atom is -0.508 e. The summed E-state index contributed by atoms with van der Waals surface area (Å²) in [6.07, 6.45) is 1.20. The van der Waals surface area contributed by atoms with Crippen LogP contribution < -0.4 is 4.74 Å². The van der Waals surface area contributed by atoms with Crippen LogP contribution in [0.5, 0.6) is 23.0 Å². The number of benzene rings is 3. The number of ketones is 1. The van der Waals surface area contributed by atoms with E-state index in [1.807, 2.05) is 24.3 Å². The predicted molar refractivity (Wildman–Crippen MR) is 93.6 cm³/mol. The number of ether oxygens (including phenoxy) is 1. The Hall–Kier alpha value is -3.27. The molecule has 0 fully saturated rings. The lowest BCUT2D eigenvalue weighted by Gasteiger charge is -2.11. The fourth-order valence-electron chi connectivity index (χ4n) is 3.11. The first-order valence-corrected chi connectivity index (χ1v) is 8.07. The summed E-state index contributed by atoms with van der Waals surface area (Å²) in [6, 6.07) is 17.3. The van der Waals surface area contributed by atoms with E-state index in [4.69, 9.17) is 4.74 Å². The molecule has 0 aliphatic carbocycles. The second-order valence-electron chi connectivity index (χ2n) is 6.06. The number of hydrogen-bond acceptors (Lipinski definition) is 4. The summed E-state index contributed by atoms with van der Waals surface area (Å²) in [4.78, 5) is 12.6. The van der Waals surface area contributed by atoms with Gasteiger partial charge in [0.25, 0.3) is 0 Å². The number of phenolic OH excluding ortho intramolecular Hbond substituents is 2. The highest BCUT2D eigenvalue weighted by Gasteiger charge is 2.20. The molecule has 0 amide bonds. The van der Waals surface area contributed by atoms with Crippen molar-refractivity contribution in [1.29, 1.82) is 0 Å². The maximum Gasteiger partial charge on any atom is 0.193 e. The minimum absolute atomic E-state index is 0.0170. The molecule has 1 aliphatic heterocycles. The summed E-state index contributed by atoms with van der Waals surface area (Å²) < 4.78 is 5.87. The molecule has 4 nitrogen and oxygen atoms in total. The van der Waals surface area contributed by atoms with Crippen LogP contribution in [-0.4, -0.2) is 16.0 Å². The number of phenols is 2. The average molecular weight is 332 g/mol. The second-order valence-corrected chi connectivity index (χ2v) is 6.06. The number of carbonyl (C=O) groups is 1. The Morgan fingerprint density at radius 3 is 2.44 bits per heavy atom. The SMILES string of the molecule is O=C(c1ccccc1)c1ccc2c(c1)CCc1c(O)cc(O)cc1O2. The van der Waals surface area contributed by atoms with E-state index in [0.29, 0.717) is 41.0 Å². The van der Waals surface area contributed by atoms with Crippen LogP contribution in [0.15, 0.2) is 60.7 Å². The molecule has 0 bridgehead atoms. The minimum atomic E-state index is -0.0458. The summed E-state index contributed by atoms with van der Waals surface area (Å²) in [5.41, 5.74) is 2.80. The monoisotopic (exact) mass is 332 g/mol. The van der Waals surface area contributed by atoms with E-state index in [1.54, 1.807) is 24.3 Å². The van der Waals surface area contributed by atoms with Crippen LogP contribution in [0.3, 0.4) is 0 Å². The number of aryl methyl sites for hydroxylation is 1. The van der Waals surface area contributed by atoms with Crippen LogP contribution >= 0.6 is 0 Å². The molecule has 0 saturated carbocycles. The zero-order chi connectivity index (χ0) is 17.4. The smallest absolute Gasteiger partial charge is 0.193 e. The van der Waals surface area contributed by atoms with Crippen LogP contribution in [0.4, 0.5) is 0 Å². The van der Waals surface area contributed by atoms with Gasteiger partial charge in [-0.1, -0.05) is 30.3 Å². The summed E-state index contributed by atoms with van der Waals surface area (Å²) in [5, 5.41) is 19.7. The van der Waals surface area contributed by atoms with Crippen molar-refractivity contribution in [1.82, 2.24) is 0 Å². The van der Waals surface area contributed by atoms with Crippen LogP contribution in [0.1, 0.15) is 27.0 Å². The number of aromatic hydroxyl groups is 2. The maximum absolute atomic E-state index is 12.6. The van der Waals surface area contributed by atoms with E-state index in [-0.39, 0.29) is 17.3 Å². The third kappa shape index (κ3) is 2.83. The van der Waals surface area contributed by atoms with Gasteiger partial charge in [-0.15, -0.1) is 0 Å². The van der Waals surface area contributed by atoms with E-state index in [9.17, 15) is 15.0 Å². The first-order valence-electron chi connectivity index (χ1n) is 8.07. The fraction of sp³-hybridized carbons (Fsp3) is 0.0952. The molecule has 1 aliphatic rings. The van der Waals surface area contributed by atoms with Gasteiger partial charge in [0.05, 0.1) is 0 Å². The molecule has 1 heterocycles. The first-order chi connectivity index (χ1) is 12.1. The molecule has 0 spiro atoms. The summed E-state index contributed by atoms with van der Waals surface area (Å²) in [5.74, 6) is 1.01. The molecule has 124 valence electrons. The van der Waals surface area contributed by atoms with Gasteiger partial charge in [0.15, 0.2) is 5.78 Å². The van der Waals surface area contributed by atoms with Crippen molar-refractivity contribution in [3.8, 4) is 23.0 Å². The van der Waals surface area contributed by atoms with Crippen LogP contribution in [0.25, 0.3) is 0 Å². The van der Waals surface area contributed by atoms with Crippen molar-refractivity contribution in [2.75, 3.05) is 0 Å². The van der Waals surface area contributed by atoms with Gasteiger partial charge in [-0.25, -0.2) is 0 Å². The van der Waals surface area contributed by atoms with Crippen molar-refractivity contribution >= 4 is 5.78 Å². The zero-order valence-electron chi connectivity index (χ0n) is 13.4. The summed E-state index contributed by atoms with van der Waals surface area (Å²) >= 11 is 0. The highest BCUT2D eigenvalue weighted by atomic mass is 16.5. The van der Waals surface area contributed by atoms with Gasteiger partial charge < -0.3 is 14.9 Å². The largest absolute Gasteiger partial charge is 0.508 e. The van der Waals surface area contributed by atoms with E-state index in [0.717, 1.165) is 5.56 Å². The van der Waals surface area contributed by atoms with Gasteiger partial charge >= 0.3 is 0 Å². The molecular weight excluding hydrogens is 316 g/mol. The van der Waals surface area contributed by atoms with Gasteiger partial charge in [0.2, 0.25) is 0 Å². The Morgan fingerprint density at radius 1 is 0.840 bits per heavy atom. The molecule has 0 atom stereocenters. The van der Waals surface area contributed by atoms with Crippen molar-refractivity contribution in [3.05, 3.63) is 82.9 Å². The molecule has 4 heteroatoms. The lowest BCUT2D eigenvalue weighted by atomic mass is 9.98. The quantitative estimate of drug-likeness (QED) is 0.690. The van der Waals surface area contributed by atoms with Crippen molar-refractivity contribution in [2.45, 2.75) is 12.8 Å². The molecule has 0 radical (unpaired) electrons. The number of rotatable bonds is 2. The Morgan fingerprint density at radius 2 is 1.64 bits per heavy atom. The van der Waals surface area contributed by atoms with Crippen molar-refractivity contribution in [2.24, 2.45) is 0 Å². The number of hydrogen-bond donors (Lipinski definition) is 2. The number of carbonyl (C=O) groups excluding carboxylic acids is 1. The molecule has 0 aromatic heterocycles. The molecule has 3 aromatic rings. The normalized spacial score (nSPS) is 12.5. The highest BCUT2D eigenvalue weighted by Crippen LogP contribution is 2.40. The molecule has 3 aromatic carbocycles. The maximum atomic E-state index is 12.6. The van der Waals surface area contributed by atoms with E-state index in [1.165, 1.54) is 12.1 Å². The van der Waals surface area contributed by atoms with Crippen molar-refractivity contribution < 1.29 is 19.7 Å². The Kier molecular flexibility index (Phi) is 3.65. The van der Waals surface area contributed by atoms with Gasteiger partial charge in [-0.05, 0) is 36.6 Å². The van der Waals surface area contributed by atoms with Gasteiger partial charge in [-0.2, -0.15) is 0 Å². The van der Waals surface area contributed by atoms with Gasteiger partial charge in [0.1, 0.15) is 23.0 Å². The zero-order valence-corrected chi connectivity index (χ0v) is 13.4. The van der Waals surface area contributed by atoms with Gasteiger partial charge in [0, 0.05) is 28.8 Å². The Labute approximate surface area is 144 Å². The molecule has 2 N–H and O–H groups in total. The predicted octanol–water partition coefficient (Wildman–Crippen LogP) is 4.22. The molecule has 25 heavy (non-hydrogen) atoms. The third-order valence-corrected chi connectivity index (χ3v) is 4.39. The highest BCUT2D eigenvalue weighted by molar-refractivity contribution is 6.09. The molecule has 0 unspecified atom stereocenters. The Balaban J connectivity index is 1.70. The third-order valence-electron chi connectivity index (χ3n) is 4.39. The molecule has 4 rings (SSSR count). The van der Waals surface area contributed by atoms with Crippen LogP contribution in [0, 0.1) is 0 Å². The topological polar surface area (TPSA) is 66.8 Å².